The summed E-state index contributed by atoms with van der Waals surface area (Å²) in [6, 6.07) is 16.6. The molecule has 1 N–H and O–H groups in total. The number of nitrogens with one attached hydrogen (secondary N) is 1. The zero-order valence-corrected chi connectivity index (χ0v) is 23.9. The summed E-state index contributed by atoms with van der Waals surface area (Å²) < 4.78 is 20.2. The molecule has 4 aromatic rings. The van der Waals surface area contributed by atoms with Crippen molar-refractivity contribution >= 4 is 46.1 Å². The van der Waals surface area contributed by atoms with Crippen LogP contribution >= 0.6 is 23.2 Å². The molecule has 1 atom stereocenters. The van der Waals surface area contributed by atoms with Gasteiger partial charge in [0.05, 0.1) is 21.1 Å². The monoisotopic (exact) mass is 582 g/mol. The van der Waals surface area contributed by atoms with Crippen molar-refractivity contribution < 1.29 is 18.7 Å². The number of hydrogen-bond donors (Lipinski definition) is 1. The Labute approximate surface area is 241 Å². The third-order valence-electron chi connectivity index (χ3n) is 6.64. The lowest BCUT2D eigenvalue weighted by Crippen LogP contribution is -2.59. The molecule has 0 aliphatic carbocycles. The summed E-state index contributed by atoms with van der Waals surface area (Å²) in [6.07, 6.45) is 0. The summed E-state index contributed by atoms with van der Waals surface area (Å²) in [5.74, 6) is -1.17. The normalized spacial score (nSPS) is 16.4. The van der Waals surface area contributed by atoms with Gasteiger partial charge in [0, 0.05) is 31.7 Å². The van der Waals surface area contributed by atoms with Crippen LogP contribution in [0.2, 0.25) is 10.0 Å². The van der Waals surface area contributed by atoms with Crippen LogP contribution in [0.25, 0.3) is 22.4 Å². The van der Waals surface area contributed by atoms with E-state index in [1.165, 1.54) is 23.1 Å². The van der Waals surface area contributed by atoms with Gasteiger partial charge in [0.2, 0.25) is 0 Å². The Bertz CT molecular complexity index is 1550. The summed E-state index contributed by atoms with van der Waals surface area (Å²) in [6.45, 7) is 7.27. The van der Waals surface area contributed by atoms with Gasteiger partial charge in [-0.1, -0.05) is 59.6 Å². The van der Waals surface area contributed by atoms with Gasteiger partial charge in [-0.05, 0) is 50.6 Å². The molecule has 5 rings (SSSR count). The summed E-state index contributed by atoms with van der Waals surface area (Å²) in [5, 5.41) is 0.410. The van der Waals surface area contributed by atoms with E-state index in [9.17, 15) is 14.0 Å². The van der Waals surface area contributed by atoms with Gasteiger partial charge >= 0.3 is 5.97 Å². The maximum absolute atomic E-state index is 14.5. The largest absolute Gasteiger partial charge is 0.458 e. The number of carbonyl (C=O) groups is 2. The molecule has 2 heterocycles. The number of carbonyl (C=O) groups excluding carboxylic acids is 2. The van der Waals surface area contributed by atoms with Crippen LogP contribution in [0.1, 0.15) is 36.7 Å². The molecule has 3 aromatic carbocycles. The lowest BCUT2D eigenvalue weighted by Gasteiger charge is -2.41. The lowest BCUT2D eigenvalue weighted by molar-refractivity contribution is -0.162. The maximum atomic E-state index is 14.5. The molecule has 0 spiro atoms. The van der Waals surface area contributed by atoms with Gasteiger partial charge in [-0.3, -0.25) is 9.69 Å². The standard InChI is InChI=1S/C30H29Cl2FN4O3/c1-30(2,3)40-29(39)24-17-36(16-18-8-5-4-6-9-18)12-13-37(24)28(38)19-14-21(32)26-23(15-19)34-27(35-26)25-20(31)10-7-11-22(25)33/h4-11,14-15,24H,12-13,16-17H2,1-3H3,(H,34,35). The molecule has 208 valence electrons. The fraction of sp³-hybridized carbons (Fsp3) is 0.300. The first-order valence-electron chi connectivity index (χ1n) is 12.9. The second kappa shape index (κ2) is 11.2. The molecule has 0 saturated carbocycles. The maximum Gasteiger partial charge on any atom is 0.330 e. The van der Waals surface area contributed by atoms with Gasteiger partial charge in [-0.2, -0.15) is 0 Å². The quantitative estimate of drug-likeness (QED) is 0.278. The third kappa shape index (κ3) is 5.99. The molecule has 0 radical (unpaired) electrons. The van der Waals surface area contributed by atoms with Gasteiger partial charge in [0.25, 0.3) is 5.91 Å². The number of H-pyrrole nitrogens is 1. The Hall–Kier alpha value is -3.46. The number of piperazine rings is 1. The molecule has 10 heteroatoms. The van der Waals surface area contributed by atoms with Crippen molar-refractivity contribution in [3.8, 4) is 11.4 Å². The van der Waals surface area contributed by atoms with Gasteiger partial charge in [-0.25, -0.2) is 14.2 Å². The van der Waals surface area contributed by atoms with Crippen molar-refractivity contribution in [3.05, 3.63) is 87.7 Å². The van der Waals surface area contributed by atoms with Crippen molar-refractivity contribution in [1.82, 2.24) is 19.8 Å². The Morgan fingerprint density at radius 1 is 1.05 bits per heavy atom. The van der Waals surface area contributed by atoms with E-state index in [1.807, 2.05) is 30.3 Å². The Balaban J connectivity index is 1.45. The van der Waals surface area contributed by atoms with E-state index in [4.69, 9.17) is 27.9 Å². The van der Waals surface area contributed by atoms with Crippen molar-refractivity contribution in [2.24, 2.45) is 0 Å². The number of rotatable bonds is 5. The SMILES string of the molecule is CC(C)(C)OC(=O)C1CN(Cc2ccccc2)CCN1C(=O)c1cc(Cl)c2nc(-c3c(F)cccc3Cl)[nH]c2c1. The predicted octanol–water partition coefficient (Wildman–Crippen LogP) is 6.34. The molecule has 1 aromatic heterocycles. The van der Waals surface area contributed by atoms with Gasteiger partial charge in [-0.15, -0.1) is 0 Å². The van der Waals surface area contributed by atoms with Crippen LogP contribution < -0.4 is 0 Å². The zero-order chi connectivity index (χ0) is 28.6. The number of fused-ring (bicyclic) bond motifs is 1. The van der Waals surface area contributed by atoms with Gasteiger partial charge in [0.15, 0.2) is 0 Å². The van der Waals surface area contributed by atoms with Crippen LogP contribution in [0, 0.1) is 5.82 Å². The molecule has 1 fully saturated rings. The molecule has 1 aliphatic rings. The van der Waals surface area contributed by atoms with Crippen molar-refractivity contribution in [2.45, 2.75) is 39.0 Å². The van der Waals surface area contributed by atoms with Crippen LogP contribution in [0.4, 0.5) is 4.39 Å². The van der Waals surface area contributed by atoms with Crippen LogP contribution in [0.15, 0.2) is 60.7 Å². The lowest BCUT2D eigenvalue weighted by atomic mass is 10.1. The van der Waals surface area contributed by atoms with Gasteiger partial charge in [0.1, 0.15) is 28.8 Å². The fourth-order valence-electron chi connectivity index (χ4n) is 4.85. The number of ether oxygens (including phenoxy) is 1. The fourth-order valence-corrected chi connectivity index (χ4v) is 5.36. The van der Waals surface area contributed by atoms with Crippen molar-refractivity contribution in [3.63, 3.8) is 0 Å². The zero-order valence-electron chi connectivity index (χ0n) is 22.4. The van der Waals surface area contributed by atoms with E-state index < -0.39 is 23.4 Å². The minimum Gasteiger partial charge on any atom is -0.458 e. The number of amides is 1. The number of esters is 1. The summed E-state index contributed by atoms with van der Waals surface area (Å²) in [7, 11) is 0. The Morgan fingerprint density at radius 2 is 1.80 bits per heavy atom. The number of nitrogens with zero attached hydrogens (tertiary/aromatic N) is 3. The van der Waals surface area contributed by atoms with E-state index in [0.717, 1.165) is 5.56 Å². The molecule has 1 aliphatic heterocycles. The number of aromatic nitrogens is 2. The molecule has 1 unspecified atom stereocenters. The minimum absolute atomic E-state index is 0.115. The molecule has 40 heavy (non-hydrogen) atoms. The molecular formula is C30H29Cl2FN4O3. The average molecular weight is 583 g/mol. The summed E-state index contributed by atoms with van der Waals surface area (Å²) in [4.78, 5) is 38.3. The van der Waals surface area contributed by atoms with E-state index >= 15 is 0 Å². The van der Waals surface area contributed by atoms with Crippen LogP contribution in [0.3, 0.4) is 0 Å². The van der Waals surface area contributed by atoms with Crippen LogP contribution in [0.5, 0.6) is 0 Å². The van der Waals surface area contributed by atoms with E-state index in [2.05, 4.69) is 14.9 Å². The Morgan fingerprint density at radius 3 is 2.50 bits per heavy atom. The smallest absolute Gasteiger partial charge is 0.330 e. The van der Waals surface area contributed by atoms with E-state index in [-0.39, 0.29) is 32.9 Å². The number of hydrogen-bond acceptors (Lipinski definition) is 5. The van der Waals surface area contributed by atoms with Crippen LogP contribution in [-0.2, 0) is 16.1 Å². The molecule has 1 amide bonds. The van der Waals surface area contributed by atoms with Crippen molar-refractivity contribution in [1.29, 1.82) is 0 Å². The van der Waals surface area contributed by atoms with E-state index in [1.54, 1.807) is 32.9 Å². The predicted molar refractivity (Wildman–Crippen MR) is 154 cm³/mol. The molecule has 1 saturated heterocycles. The number of aromatic amines is 1. The summed E-state index contributed by atoms with van der Waals surface area (Å²) in [5.41, 5.74) is 1.62. The second-order valence-corrected chi connectivity index (χ2v) is 11.6. The van der Waals surface area contributed by atoms with E-state index in [0.29, 0.717) is 37.2 Å². The minimum atomic E-state index is -0.812. The first-order valence-corrected chi connectivity index (χ1v) is 13.7. The topological polar surface area (TPSA) is 78.5 Å². The number of imidazole rings is 1. The second-order valence-electron chi connectivity index (χ2n) is 10.8. The number of benzene rings is 3. The third-order valence-corrected chi connectivity index (χ3v) is 7.24. The molecule has 0 bridgehead atoms. The Kier molecular flexibility index (Phi) is 7.86. The molecule has 7 nitrogen and oxygen atoms in total. The first-order chi connectivity index (χ1) is 19.0. The highest BCUT2D eigenvalue weighted by atomic mass is 35.5. The highest BCUT2D eigenvalue weighted by Gasteiger charge is 2.38. The van der Waals surface area contributed by atoms with Crippen LogP contribution in [-0.4, -0.2) is 62.9 Å². The van der Waals surface area contributed by atoms with Gasteiger partial charge < -0.3 is 14.6 Å². The average Bonchev–Trinajstić information content (AvgIpc) is 3.32. The van der Waals surface area contributed by atoms with Crippen molar-refractivity contribution in [2.75, 3.05) is 19.6 Å². The highest BCUT2D eigenvalue weighted by molar-refractivity contribution is 6.35. The number of halogens is 3. The summed E-state index contributed by atoms with van der Waals surface area (Å²) >= 11 is 12.8. The molecular weight excluding hydrogens is 554 g/mol. The highest BCUT2D eigenvalue weighted by Crippen LogP contribution is 2.33. The first kappa shape index (κ1) is 28.1.